The maximum Gasteiger partial charge on any atom is 0.0593 e. The molecule has 0 radical (unpaired) electrons. The number of anilines is 1. The van der Waals surface area contributed by atoms with Gasteiger partial charge in [0.1, 0.15) is 0 Å². The van der Waals surface area contributed by atoms with Crippen LogP contribution in [0, 0.1) is 0 Å². The van der Waals surface area contributed by atoms with Gasteiger partial charge in [0.15, 0.2) is 0 Å². The van der Waals surface area contributed by atoms with Gasteiger partial charge in [-0.25, -0.2) is 0 Å². The topological polar surface area (TPSA) is 12.0 Å². The number of nitrogens with one attached hydrogen (secondary N) is 1. The second-order valence-corrected chi connectivity index (χ2v) is 5.50. The molecule has 1 N–H and O–H groups in total. The van der Waals surface area contributed by atoms with E-state index in [0.717, 1.165) is 21.7 Å². The Morgan fingerprint density at radius 2 is 1.82 bits per heavy atom. The van der Waals surface area contributed by atoms with Gasteiger partial charge in [0.2, 0.25) is 0 Å². The van der Waals surface area contributed by atoms with Crippen molar-refractivity contribution in [3.63, 3.8) is 0 Å². The summed E-state index contributed by atoms with van der Waals surface area (Å²) in [5, 5.41) is 4.18. The Hall–Kier alpha value is -0.210. The third kappa shape index (κ3) is 5.78. The van der Waals surface area contributed by atoms with E-state index in [0.29, 0.717) is 0 Å². The maximum absolute atomic E-state index is 6.02. The van der Waals surface area contributed by atoms with Gasteiger partial charge in [-0.05, 0) is 34.5 Å². The van der Waals surface area contributed by atoms with Crippen LogP contribution in [0.1, 0.15) is 45.4 Å². The van der Waals surface area contributed by atoms with E-state index in [2.05, 4.69) is 28.2 Å². The highest BCUT2D eigenvalue weighted by Crippen LogP contribution is 2.29. The molecule has 0 saturated heterocycles. The van der Waals surface area contributed by atoms with Crippen LogP contribution in [0.25, 0.3) is 0 Å². The number of hydrogen-bond acceptors (Lipinski definition) is 1. The molecule has 0 bridgehead atoms. The van der Waals surface area contributed by atoms with Gasteiger partial charge in [0.05, 0.1) is 9.50 Å². The van der Waals surface area contributed by atoms with Crippen molar-refractivity contribution in [1.29, 1.82) is 0 Å². The lowest BCUT2D eigenvalue weighted by atomic mass is 10.1. The van der Waals surface area contributed by atoms with E-state index in [1.165, 1.54) is 38.5 Å². The normalized spacial score (nSPS) is 10.5. The van der Waals surface area contributed by atoms with Gasteiger partial charge in [-0.15, -0.1) is 0 Å². The number of unbranched alkanes of at least 4 members (excludes halogenated alkanes) is 5. The molecule has 3 heteroatoms. The van der Waals surface area contributed by atoms with Crippen LogP contribution < -0.4 is 5.32 Å². The number of hydrogen-bond donors (Lipinski definition) is 1. The average Bonchev–Trinajstić information content (AvgIpc) is 2.33. The highest BCUT2D eigenvalue weighted by Gasteiger charge is 2.02. The maximum atomic E-state index is 6.02. The highest BCUT2D eigenvalue weighted by atomic mass is 79.9. The molecule has 96 valence electrons. The molecule has 0 heterocycles. The van der Waals surface area contributed by atoms with E-state index in [-0.39, 0.29) is 0 Å². The molecule has 1 aromatic rings. The van der Waals surface area contributed by atoms with Crippen LogP contribution >= 0.6 is 27.5 Å². The smallest absolute Gasteiger partial charge is 0.0593 e. The zero-order valence-electron chi connectivity index (χ0n) is 10.4. The Kier molecular flexibility index (Phi) is 7.70. The fourth-order valence-corrected chi connectivity index (χ4v) is 2.35. The summed E-state index contributed by atoms with van der Waals surface area (Å²) in [4.78, 5) is 0. The van der Waals surface area contributed by atoms with Crippen molar-refractivity contribution in [2.75, 3.05) is 11.9 Å². The molecule has 17 heavy (non-hydrogen) atoms. The van der Waals surface area contributed by atoms with Crippen molar-refractivity contribution < 1.29 is 0 Å². The second-order valence-electron chi connectivity index (χ2n) is 4.30. The molecule has 0 unspecified atom stereocenters. The van der Waals surface area contributed by atoms with Gasteiger partial charge in [-0.2, -0.15) is 0 Å². The van der Waals surface area contributed by atoms with Crippen LogP contribution in [-0.2, 0) is 0 Å². The standard InChI is InChI=1S/C14H21BrClN/c1-2-3-4-5-6-7-11-17-13-10-8-9-12(16)14(13)15/h8-10,17H,2-7,11H2,1H3. The van der Waals surface area contributed by atoms with Crippen molar-refractivity contribution in [3.8, 4) is 0 Å². The molecule has 0 aromatic heterocycles. The van der Waals surface area contributed by atoms with Gasteiger partial charge >= 0.3 is 0 Å². The summed E-state index contributed by atoms with van der Waals surface area (Å²) in [6, 6.07) is 5.91. The van der Waals surface area contributed by atoms with E-state index < -0.39 is 0 Å². The van der Waals surface area contributed by atoms with Crippen LogP contribution in [-0.4, -0.2) is 6.54 Å². The molecule has 0 aliphatic heterocycles. The molecule has 0 saturated carbocycles. The first-order valence-corrected chi connectivity index (χ1v) is 7.60. The Morgan fingerprint density at radius 1 is 1.12 bits per heavy atom. The molecule has 0 aliphatic rings. The molecular weight excluding hydrogens is 298 g/mol. The van der Waals surface area contributed by atoms with Crippen molar-refractivity contribution >= 4 is 33.2 Å². The monoisotopic (exact) mass is 317 g/mol. The summed E-state index contributed by atoms with van der Waals surface area (Å²) in [5.74, 6) is 0. The summed E-state index contributed by atoms with van der Waals surface area (Å²) in [6.45, 7) is 3.27. The minimum atomic E-state index is 0.762. The van der Waals surface area contributed by atoms with Crippen LogP contribution in [0.15, 0.2) is 22.7 Å². The molecule has 0 fully saturated rings. The summed E-state index contributed by atoms with van der Waals surface area (Å²) in [7, 11) is 0. The predicted molar refractivity (Wildman–Crippen MR) is 81.0 cm³/mol. The average molecular weight is 319 g/mol. The Bertz CT molecular complexity index is 328. The fraction of sp³-hybridized carbons (Fsp3) is 0.571. The largest absolute Gasteiger partial charge is 0.384 e. The Morgan fingerprint density at radius 3 is 2.59 bits per heavy atom. The van der Waals surface area contributed by atoms with E-state index in [1.807, 2.05) is 18.2 Å². The fourth-order valence-electron chi connectivity index (χ4n) is 1.77. The quantitative estimate of drug-likeness (QED) is 0.591. The molecule has 1 nitrogen and oxygen atoms in total. The molecule has 0 aliphatic carbocycles. The summed E-state index contributed by atoms with van der Waals surface area (Å²) in [5.41, 5.74) is 1.09. The Balaban J connectivity index is 2.16. The Labute approximate surface area is 118 Å². The third-order valence-corrected chi connectivity index (χ3v) is 4.19. The minimum Gasteiger partial charge on any atom is -0.384 e. The SMILES string of the molecule is CCCCCCCCNc1cccc(Cl)c1Br. The lowest BCUT2D eigenvalue weighted by Gasteiger charge is -2.09. The van der Waals surface area contributed by atoms with Crippen molar-refractivity contribution in [2.45, 2.75) is 45.4 Å². The lowest BCUT2D eigenvalue weighted by Crippen LogP contribution is -2.02. The second kappa shape index (κ2) is 8.82. The molecule has 1 aromatic carbocycles. The van der Waals surface area contributed by atoms with E-state index >= 15 is 0 Å². The van der Waals surface area contributed by atoms with Gasteiger partial charge in [-0.3, -0.25) is 0 Å². The van der Waals surface area contributed by atoms with Crippen LogP contribution in [0.3, 0.4) is 0 Å². The first-order valence-electron chi connectivity index (χ1n) is 6.43. The summed E-state index contributed by atoms with van der Waals surface area (Å²) in [6.07, 6.45) is 7.94. The van der Waals surface area contributed by atoms with Crippen LogP contribution in [0.4, 0.5) is 5.69 Å². The van der Waals surface area contributed by atoms with Gasteiger partial charge in [-0.1, -0.05) is 56.7 Å². The summed E-state index contributed by atoms with van der Waals surface area (Å²) < 4.78 is 0.965. The van der Waals surface area contributed by atoms with Gasteiger partial charge < -0.3 is 5.32 Å². The first-order chi connectivity index (χ1) is 8.25. The molecule has 0 spiro atoms. The third-order valence-electron chi connectivity index (χ3n) is 2.80. The highest BCUT2D eigenvalue weighted by molar-refractivity contribution is 9.10. The van der Waals surface area contributed by atoms with E-state index in [9.17, 15) is 0 Å². The van der Waals surface area contributed by atoms with Crippen LogP contribution in [0.5, 0.6) is 0 Å². The number of rotatable bonds is 8. The molecular formula is C14H21BrClN. The van der Waals surface area contributed by atoms with Crippen LogP contribution in [0.2, 0.25) is 5.02 Å². The van der Waals surface area contributed by atoms with E-state index in [1.54, 1.807) is 0 Å². The van der Waals surface area contributed by atoms with Crippen molar-refractivity contribution in [3.05, 3.63) is 27.7 Å². The molecule has 0 atom stereocenters. The summed E-state index contributed by atoms with van der Waals surface area (Å²) >= 11 is 9.51. The molecule has 1 rings (SSSR count). The zero-order valence-corrected chi connectivity index (χ0v) is 12.8. The van der Waals surface area contributed by atoms with E-state index in [4.69, 9.17) is 11.6 Å². The zero-order chi connectivity index (χ0) is 12.5. The van der Waals surface area contributed by atoms with Gasteiger partial charge in [0, 0.05) is 12.2 Å². The molecule has 0 amide bonds. The van der Waals surface area contributed by atoms with Crippen molar-refractivity contribution in [2.24, 2.45) is 0 Å². The minimum absolute atomic E-state index is 0.762. The lowest BCUT2D eigenvalue weighted by molar-refractivity contribution is 0.617. The predicted octanol–water partition coefficient (Wildman–Crippen LogP) is 5.87. The number of benzene rings is 1. The first kappa shape index (κ1) is 14.8. The van der Waals surface area contributed by atoms with Crippen molar-refractivity contribution in [1.82, 2.24) is 0 Å². The number of halogens is 2. The van der Waals surface area contributed by atoms with Gasteiger partial charge in [0.25, 0.3) is 0 Å².